The Morgan fingerprint density at radius 2 is 1.25 bits per heavy atom. The molecule has 7 aromatic rings. The van der Waals surface area contributed by atoms with Crippen LogP contribution in [0.15, 0.2) is 140 Å². The van der Waals surface area contributed by atoms with Gasteiger partial charge in [0.25, 0.3) is 0 Å². The van der Waals surface area contributed by atoms with E-state index in [2.05, 4.69) is 73.7 Å². The van der Waals surface area contributed by atoms with Gasteiger partial charge in [-0.3, -0.25) is 0 Å². The SMILES string of the molecule is CCCc1nc(CC)c(C(=O)OCC)n1Cc1ccc(-c2ccccc2-c2nnn(C(c3ccccc3)(c3ccccc3)c3ccccc3)n2)cc1. The summed E-state index contributed by atoms with van der Waals surface area (Å²) in [6.07, 6.45) is 2.38. The van der Waals surface area contributed by atoms with E-state index in [1.54, 1.807) is 4.80 Å². The molecule has 0 saturated carbocycles. The van der Waals surface area contributed by atoms with E-state index < -0.39 is 5.54 Å². The lowest BCUT2D eigenvalue weighted by atomic mass is 9.77. The molecular formula is C44H42N6O2. The molecule has 8 heteroatoms. The molecular weight excluding hydrogens is 645 g/mol. The number of nitrogens with zero attached hydrogens (tertiary/aromatic N) is 6. The Balaban J connectivity index is 1.27. The number of benzene rings is 5. The first-order chi connectivity index (χ1) is 25.6. The fourth-order valence-electron chi connectivity index (χ4n) is 7.06. The van der Waals surface area contributed by atoms with Gasteiger partial charge in [0.05, 0.1) is 12.3 Å². The highest BCUT2D eigenvalue weighted by Gasteiger charge is 2.41. The van der Waals surface area contributed by atoms with Crippen LogP contribution >= 0.6 is 0 Å². The number of rotatable bonds is 13. The van der Waals surface area contributed by atoms with Gasteiger partial charge in [0.2, 0.25) is 5.82 Å². The van der Waals surface area contributed by atoms with Gasteiger partial charge >= 0.3 is 5.97 Å². The summed E-state index contributed by atoms with van der Waals surface area (Å²) in [6.45, 7) is 6.82. The summed E-state index contributed by atoms with van der Waals surface area (Å²) in [5.74, 6) is 1.11. The van der Waals surface area contributed by atoms with Crippen molar-refractivity contribution in [2.24, 2.45) is 0 Å². The second-order valence-electron chi connectivity index (χ2n) is 12.7. The zero-order valence-electron chi connectivity index (χ0n) is 29.8. The van der Waals surface area contributed by atoms with Gasteiger partial charge in [-0.05, 0) is 58.4 Å². The summed E-state index contributed by atoms with van der Waals surface area (Å²) < 4.78 is 7.48. The van der Waals surface area contributed by atoms with E-state index in [1.165, 1.54) is 0 Å². The first kappa shape index (κ1) is 34.3. The Morgan fingerprint density at radius 3 is 1.79 bits per heavy atom. The van der Waals surface area contributed by atoms with Crippen LogP contribution in [0.25, 0.3) is 22.5 Å². The van der Waals surface area contributed by atoms with Gasteiger partial charge in [0, 0.05) is 18.5 Å². The van der Waals surface area contributed by atoms with Gasteiger partial charge in [0.1, 0.15) is 5.82 Å². The van der Waals surface area contributed by atoms with Crippen LogP contribution in [0.2, 0.25) is 0 Å². The fraction of sp³-hybridized carbons (Fsp3) is 0.205. The highest BCUT2D eigenvalue weighted by molar-refractivity contribution is 5.89. The van der Waals surface area contributed by atoms with Crippen LogP contribution in [0.3, 0.4) is 0 Å². The Kier molecular flexibility index (Phi) is 10.2. The lowest BCUT2D eigenvalue weighted by molar-refractivity contribution is 0.0512. The third kappa shape index (κ3) is 6.44. The summed E-state index contributed by atoms with van der Waals surface area (Å²) in [5, 5.41) is 14.6. The molecule has 0 N–H and O–H groups in total. The van der Waals surface area contributed by atoms with Crippen LogP contribution in [0.1, 0.15) is 71.5 Å². The van der Waals surface area contributed by atoms with Crippen LogP contribution < -0.4 is 0 Å². The summed E-state index contributed by atoms with van der Waals surface area (Å²) in [5.41, 5.74) is 7.50. The van der Waals surface area contributed by atoms with Crippen LogP contribution in [-0.4, -0.2) is 42.3 Å². The predicted molar refractivity (Wildman–Crippen MR) is 204 cm³/mol. The van der Waals surface area contributed by atoms with Crippen molar-refractivity contribution in [3.63, 3.8) is 0 Å². The Labute approximate surface area is 304 Å². The van der Waals surface area contributed by atoms with E-state index in [0.29, 0.717) is 31.1 Å². The zero-order chi connectivity index (χ0) is 35.9. The molecule has 0 fully saturated rings. The molecule has 0 atom stereocenters. The molecule has 2 aromatic heterocycles. The van der Waals surface area contributed by atoms with Crippen molar-refractivity contribution in [1.82, 2.24) is 29.8 Å². The van der Waals surface area contributed by atoms with Crippen molar-refractivity contribution in [3.8, 4) is 22.5 Å². The summed E-state index contributed by atoms with van der Waals surface area (Å²) >= 11 is 0. The van der Waals surface area contributed by atoms with Crippen LogP contribution in [0.5, 0.6) is 0 Å². The molecule has 0 aliphatic rings. The first-order valence-corrected chi connectivity index (χ1v) is 18.0. The van der Waals surface area contributed by atoms with Gasteiger partial charge in [-0.25, -0.2) is 9.78 Å². The predicted octanol–water partition coefficient (Wildman–Crippen LogP) is 8.78. The number of ether oxygens (including phenoxy) is 1. The molecule has 0 saturated heterocycles. The van der Waals surface area contributed by atoms with E-state index in [-0.39, 0.29) is 5.97 Å². The van der Waals surface area contributed by atoms with Crippen molar-refractivity contribution < 1.29 is 9.53 Å². The van der Waals surface area contributed by atoms with Crippen LogP contribution in [0, 0.1) is 0 Å². The van der Waals surface area contributed by atoms with Gasteiger partial charge in [-0.2, -0.15) is 0 Å². The maximum absolute atomic E-state index is 13.1. The monoisotopic (exact) mass is 686 g/mol. The summed E-state index contributed by atoms with van der Waals surface area (Å²) in [4.78, 5) is 19.7. The first-order valence-electron chi connectivity index (χ1n) is 18.0. The largest absolute Gasteiger partial charge is 0.461 e. The van der Waals surface area contributed by atoms with E-state index in [9.17, 15) is 4.79 Å². The van der Waals surface area contributed by atoms with Crippen molar-refractivity contribution in [2.75, 3.05) is 6.61 Å². The van der Waals surface area contributed by atoms with E-state index in [4.69, 9.17) is 25.1 Å². The third-order valence-electron chi connectivity index (χ3n) is 9.46. The minimum atomic E-state index is -0.865. The molecule has 5 aromatic carbocycles. The lowest BCUT2D eigenvalue weighted by Crippen LogP contribution is -2.39. The number of carbonyl (C=O) groups is 1. The molecule has 2 heterocycles. The molecule has 7 rings (SSSR count). The Hall–Kier alpha value is -6.15. The van der Waals surface area contributed by atoms with E-state index in [1.807, 2.05) is 91.2 Å². The number of tetrazole rings is 1. The molecule has 0 bridgehead atoms. The van der Waals surface area contributed by atoms with Gasteiger partial charge in [-0.1, -0.05) is 153 Å². The highest BCUT2D eigenvalue weighted by atomic mass is 16.5. The van der Waals surface area contributed by atoms with E-state index in [0.717, 1.165) is 63.3 Å². The number of aryl methyl sites for hydroxylation is 2. The number of esters is 1. The van der Waals surface area contributed by atoms with Crippen molar-refractivity contribution in [1.29, 1.82) is 0 Å². The summed E-state index contributed by atoms with van der Waals surface area (Å²) in [6, 6.07) is 47.7. The second-order valence-corrected chi connectivity index (χ2v) is 12.7. The molecule has 0 radical (unpaired) electrons. The molecule has 260 valence electrons. The molecule has 0 aliphatic carbocycles. The quantitative estimate of drug-likeness (QED) is 0.0891. The van der Waals surface area contributed by atoms with Gasteiger partial charge in [-0.15, -0.1) is 15.0 Å². The topological polar surface area (TPSA) is 87.7 Å². The minimum absolute atomic E-state index is 0.318. The fourth-order valence-corrected chi connectivity index (χ4v) is 7.06. The number of hydrogen-bond acceptors (Lipinski definition) is 6. The van der Waals surface area contributed by atoms with E-state index >= 15 is 0 Å². The van der Waals surface area contributed by atoms with Gasteiger partial charge in [0.15, 0.2) is 11.2 Å². The molecule has 0 spiro atoms. The average Bonchev–Trinajstić information content (AvgIpc) is 3.82. The molecule has 0 amide bonds. The lowest BCUT2D eigenvalue weighted by Gasteiger charge is -2.34. The number of imidazole rings is 1. The molecule has 8 nitrogen and oxygen atoms in total. The minimum Gasteiger partial charge on any atom is -0.461 e. The van der Waals surface area contributed by atoms with Crippen LogP contribution in [0.4, 0.5) is 0 Å². The normalized spacial score (nSPS) is 11.4. The van der Waals surface area contributed by atoms with Gasteiger partial charge < -0.3 is 9.30 Å². The Bertz CT molecular complexity index is 2150. The number of aromatic nitrogens is 6. The smallest absolute Gasteiger partial charge is 0.356 e. The van der Waals surface area contributed by atoms with Crippen LogP contribution in [-0.2, 0) is 29.7 Å². The maximum atomic E-state index is 13.1. The highest BCUT2D eigenvalue weighted by Crippen LogP contribution is 2.40. The second kappa shape index (κ2) is 15.4. The van der Waals surface area contributed by atoms with Crippen molar-refractivity contribution >= 4 is 5.97 Å². The number of carbonyl (C=O) groups excluding carboxylic acids is 1. The number of hydrogen-bond donors (Lipinski definition) is 0. The zero-order valence-corrected chi connectivity index (χ0v) is 29.8. The maximum Gasteiger partial charge on any atom is 0.356 e. The Morgan fingerprint density at radius 1 is 0.692 bits per heavy atom. The average molecular weight is 687 g/mol. The molecule has 0 aliphatic heterocycles. The van der Waals surface area contributed by atoms with Crippen molar-refractivity contribution in [3.05, 3.63) is 179 Å². The third-order valence-corrected chi connectivity index (χ3v) is 9.46. The molecule has 0 unspecified atom stereocenters. The van der Waals surface area contributed by atoms with Crippen molar-refractivity contribution in [2.45, 2.75) is 52.1 Å². The summed E-state index contributed by atoms with van der Waals surface area (Å²) in [7, 11) is 0. The standard InChI is InChI=1S/C44H42N6O2/c1-4-18-40-45-39(5-2)41(43(51)52-6-3)49(40)31-32-27-29-33(30-28-32)37-25-16-17-26-38(37)42-46-48-50(47-42)44(34-19-10-7-11-20-34,35-21-12-8-13-22-35)36-23-14-9-15-24-36/h7-17,19-30H,4-6,18,31H2,1-3H3. The molecule has 52 heavy (non-hydrogen) atoms.